The van der Waals surface area contributed by atoms with Gasteiger partial charge in [0.2, 0.25) is 0 Å². The van der Waals surface area contributed by atoms with E-state index >= 15 is 0 Å². The summed E-state index contributed by atoms with van der Waals surface area (Å²) in [6.07, 6.45) is -4.57. The van der Waals surface area contributed by atoms with Gasteiger partial charge in [-0.25, -0.2) is 9.59 Å². The number of aromatic nitrogens is 5. The van der Waals surface area contributed by atoms with Crippen LogP contribution in [-0.4, -0.2) is 24.1 Å². The van der Waals surface area contributed by atoms with Crippen LogP contribution in [0.1, 0.15) is 5.56 Å². The average Bonchev–Trinajstić information content (AvgIpc) is 3.11. The number of hydrogen-bond donors (Lipinski definition) is 4. The van der Waals surface area contributed by atoms with Crippen molar-refractivity contribution in [3.05, 3.63) is 71.5 Å². The van der Waals surface area contributed by atoms with Crippen LogP contribution in [0.3, 0.4) is 0 Å². The van der Waals surface area contributed by atoms with Crippen molar-refractivity contribution < 1.29 is 13.2 Å². The maximum absolute atomic E-state index is 13.0. The normalized spacial score (nSPS) is 11.9. The van der Waals surface area contributed by atoms with Gasteiger partial charge >= 0.3 is 17.6 Å². The van der Waals surface area contributed by atoms with Gasteiger partial charge in [0.25, 0.3) is 11.1 Å². The second-order valence-electron chi connectivity index (χ2n) is 7.07. The minimum absolute atomic E-state index is 0.0105. The van der Waals surface area contributed by atoms with E-state index in [0.29, 0.717) is 0 Å². The molecule has 13 heteroatoms. The van der Waals surface area contributed by atoms with E-state index in [0.717, 1.165) is 33.4 Å². The third-order valence-corrected chi connectivity index (χ3v) is 5.19. The SMILES string of the molecule is Cn1c(N)c(-c2c(-c3ccc(C(F)(F)F)cc3)[nH]c3c2c(=O)[nH]c(=O)n3C)c(=O)[nH]c1=O. The summed E-state index contributed by atoms with van der Waals surface area (Å²) in [5, 5.41) is -0.127. The zero-order chi connectivity index (χ0) is 23.5. The zero-order valence-electron chi connectivity index (χ0n) is 16.5. The molecule has 0 saturated heterocycles. The fraction of sp³-hybridized carbons (Fsp3) is 0.158. The Morgan fingerprint density at radius 2 is 1.38 bits per heavy atom. The number of hydrogen-bond acceptors (Lipinski definition) is 5. The lowest BCUT2D eigenvalue weighted by Crippen LogP contribution is -2.32. The van der Waals surface area contributed by atoms with Crippen LogP contribution in [0.15, 0.2) is 43.4 Å². The van der Waals surface area contributed by atoms with Gasteiger partial charge in [0.05, 0.1) is 22.2 Å². The van der Waals surface area contributed by atoms with E-state index in [2.05, 4.69) is 15.0 Å². The molecule has 0 amide bonds. The number of nitrogens with two attached hydrogens (primary N) is 1. The van der Waals surface area contributed by atoms with Crippen LogP contribution < -0.4 is 28.2 Å². The Hall–Kier alpha value is -4.29. The molecule has 0 bridgehead atoms. The van der Waals surface area contributed by atoms with Crippen molar-refractivity contribution in [3.8, 4) is 22.4 Å². The molecule has 3 heterocycles. The van der Waals surface area contributed by atoms with Gasteiger partial charge in [-0.05, 0) is 17.7 Å². The van der Waals surface area contributed by atoms with E-state index in [1.807, 2.05) is 0 Å². The van der Waals surface area contributed by atoms with E-state index in [-0.39, 0.29) is 39.2 Å². The molecule has 4 aromatic rings. The van der Waals surface area contributed by atoms with Crippen molar-refractivity contribution in [1.29, 1.82) is 0 Å². The number of H-pyrrole nitrogens is 3. The molecule has 0 spiro atoms. The number of nitrogens with one attached hydrogen (secondary N) is 3. The van der Waals surface area contributed by atoms with E-state index < -0.39 is 34.2 Å². The number of nitrogens with zero attached hydrogens (tertiary/aromatic N) is 2. The van der Waals surface area contributed by atoms with E-state index in [9.17, 15) is 32.3 Å². The lowest BCUT2D eigenvalue weighted by molar-refractivity contribution is -0.137. The van der Waals surface area contributed by atoms with E-state index in [4.69, 9.17) is 5.73 Å². The van der Waals surface area contributed by atoms with Crippen molar-refractivity contribution in [3.63, 3.8) is 0 Å². The molecule has 0 atom stereocenters. The molecule has 1 aromatic carbocycles. The second kappa shape index (κ2) is 6.87. The lowest BCUT2D eigenvalue weighted by Gasteiger charge is -2.11. The Labute approximate surface area is 174 Å². The number of aryl methyl sites for hydroxylation is 1. The quantitative estimate of drug-likeness (QED) is 0.359. The molecule has 0 aliphatic heterocycles. The summed E-state index contributed by atoms with van der Waals surface area (Å²) in [5.74, 6) is -0.277. The fourth-order valence-electron chi connectivity index (χ4n) is 3.48. The van der Waals surface area contributed by atoms with E-state index in [1.54, 1.807) is 0 Å². The highest BCUT2D eigenvalue weighted by Crippen LogP contribution is 2.38. The van der Waals surface area contributed by atoms with Crippen LogP contribution in [0.2, 0.25) is 0 Å². The summed E-state index contributed by atoms with van der Waals surface area (Å²) in [5.41, 5.74) is 1.75. The first-order valence-corrected chi connectivity index (χ1v) is 9.03. The molecule has 4 rings (SSSR count). The van der Waals surface area contributed by atoms with E-state index in [1.165, 1.54) is 14.1 Å². The molecule has 3 aromatic heterocycles. The highest BCUT2D eigenvalue weighted by Gasteiger charge is 2.31. The Bertz CT molecular complexity index is 1620. The molecule has 32 heavy (non-hydrogen) atoms. The molecular formula is C19H15F3N6O4. The Morgan fingerprint density at radius 3 is 1.97 bits per heavy atom. The van der Waals surface area contributed by atoms with Gasteiger partial charge in [-0.1, -0.05) is 12.1 Å². The fourth-order valence-corrected chi connectivity index (χ4v) is 3.48. The third-order valence-electron chi connectivity index (χ3n) is 5.19. The summed E-state index contributed by atoms with van der Waals surface area (Å²) in [6, 6.07) is 3.97. The number of benzene rings is 1. The first-order chi connectivity index (χ1) is 14.9. The van der Waals surface area contributed by atoms with Crippen LogP contribution in [0, 0.1) is 0 Å². The number of alkyl halides is 3. The molecule has 5 N–H and O–H groups in total. The maximum atomic E-state index is 13.0. The van der Waals surface area contributed by atoms with Gasteiger partial charge < -0.3 is 10.7 Å². The summed E-state index contributed by atoms with van der Waals surface area (Å²) >= 11 is 0. The first kappa shape index (κ1) is 21.0. The monoisotopic (exact) mass is 448 g/mol. The van der Waals surface area contributed by atoms with Crippen molar-refractivity contribution in [2.45, 2.75) is 6.18 Å². The van der Waals surface area contributed by atoms with Crippen molar-refractivity contribution in [2.75, 3.05) is 5.73 Å². The molecular weight excluding hydrogens is 433 g/mol. The number of anilines is 1. The number of fused-ring (bicyclic) bond motifs is 1. The highest BCUT2D eigenvalue weighted by atomic mass is 19.4. The molecule has 0 unspecified atom stereocenters. The third kappa shape index (κ3) is 3.05. The summed E-state index contributed by atoms with van der Waals surface area (Å²) in [4.78, 5) is 56.4. The largest absolute Gasteiger partial charge is 0.416 e. The van der Waals surface area contributed by atoms with Gasteiger partial charge in [-0.15, -0.1) is 0 Å². The zero-order valence-corrected chi connectivity index (χ0v) is 16.5. The summed E-state index contributed by atoms with van der Waals surface area (Å²) in [7, 11) is 2.65. The number of aromatic amines is 3. The van der Waals surface area contributed by atoms with Crippen LogP contribution >= 0.6 is 0 Å². The standard InChI is InChI=1S/C19H15F3N6O4/c1-27-13(23)10(15(29)25-17(27)31)9-11-14(28(2)18(32)26-16(11)30)24-12(9)7-3-5-8(6-4-7)19(20,21)22/h3-6,24H,23H2,1-2H3,(H,25,29,31)(H,26,30,32). The maximum Gasteiger partial charge on any atom is 0.416 e. The minimum Gasteiger partial charge on any atom is -0.384 e. The Morgan fingerprint density at radius 1 is 0.812 bits per heavy atom. The Balaban J connectivity index is 2.18. The Kier molecular flexibility index (Phi) is 4.50. The van der Waals surface area contributed by atoms with Gasteiger partial charge in [0.1, 0.15) is 11.5 Å². The second-order valence-corrected chi connectivity index (χ2v) is 7.07. The highest BCUT2D eigenvalue weighted by molar-refractivity contribution is 6.04. The van der Waals surface area contributed by atoms with Crippen LogP contribution in [-0.2, 0) is 20.3 Å². The molecule has 10 nitrogen and oxygen atoms in total. The van der Waals surface area contributed by atoms with Gasteiger partial charge in [0.15, 0.2) is 0 Å². The molecule has 0 radical (unpaired) electrons. The van der Waals surface area contributed by atoms with Crippen molar-refractivity contribution in [2.24, 2.45) is 14.1 Å². The topological polar surface area (TPSA) is 152 Å². The smallest absolute Gasteiger partial charge is 0.384 e. The first-order valence-electron chi connectivity index (χ1n) is 9.03. The number of rotatable bonds is 2. The van der Waals surface area contributed by atoms with Crippen LogP contribution in [0.25, 0.3) is 33.4 Å². The molecule has 166 valence electrons. The van der Waals surface area contributed by atoms with Gasteiger partial charge in [-0.3, -0.25) is 28.7 Å². The van der Waals surface area contributed by atoms with Gasteiger partial charge in [-0.2, -0.15) is 13.2 Å². The lowest BCUT2D eigenvalue weighted by atomic mass is 9.99. The minimum atomic E-state index is -4.57. The van der Waals surface area contributed by atoms with Crippen molar-refractivity contribution in [1.82, 2.24) is 24.1 Å². The number of halogens is 3. The average molecular weight is 448 g/mol. The summed E-state index contributed by atoms with van der Waals surface area (Å²) in [6.45, 7) is 0. The van der Waals surface area contributed by atoms with Gasteiger partial charge in [0, 0.05) is 19.7 Å². The van der Waals surface area contributed by atoms with Crippen molar-refractivity contribution >= 4 is 16.9 Å². The molecule has 0 aliphatic rings. The van der Waals surface area contributed by atoms with Crippen LogP contribution in [0.4, 0.5) is 19.0 Å². The molecule has 0 aliphatic carbocycles. The summed E-state index contributed by atoms with van der Waals surface area (Å²) < 4.78 is 41.0. The molecule has 0 saturated carbocycles. The predicted molar refractivity (Wildman–Crippen MR) is 110 cm³/mol. The molecule has 0 fully saturated rings. The number of nitrogen functional groups attached to an aromatic ring is 1. The predicted octanol–water partition coefficient (Wildman–Crippen LogP) is 0.877. The van der Waals surface area contributed by atoms with Crippen LogP contribution in [0.5, 0.6) is 0 Å².